The van der Waals surface area contributed by atoms with Crippen LogP contribution in [0.2, 0.25) is 0 Å². The molecule has 0 unspecified atom stereocenters. The molecule has 2 aliphatic rings. The van der Waals surface area contributed by atoms with Crippen molar-refractivity contribution in [3.8, 4) is 5.69 Å². The molecule has 0 bridgehead atoms. The molecular weight excluding hydrogens is 352 g/mol. The average molecular weight is 376 g/mol. The number of carbonyl (C=O) groups excluding carboxylic acids is 1. The highest BCUT2D eigenvalue weighted by Gasteiger charge is 2.29. The first-order chi connectivity index (χ1) is 13.7. The minimum absolute atomic E-state index is 0.0690. The summed E-state index contributed by atoms with van der Waals surface area (Å²) in [5.74, 6) is 0.383. The monoisotopic (exact) mass is 376 g/mol. The molecule has 1 atom stereocenters. The molecule has 1 amide bonds. The number of aryl methyl sites for hydroxylation is 1. The number of aromatic nitrogens is 3. The zero-order valence-corrected chi connectivity index (χ0v) is 16.0. The van der Waals surface area contributed by atoms with E-state index in [1.165, 1.54) is 0 Å². The van der Waals surface area contributed by atoms with E-state index in [9.17, 15) is 4.79 Å². The Morgan fingerprint density at radius 3 is 2.79 bits per heavy atom. The molecule has 144 valence electrons. The van der Waals surface area contributed by atoms with Gasteiger partial charge >= 0.3 is 0 Å². The maximum atomic E-state index is 13.1. The number of carbonyl (C=O) groups is 1. The maximum absolute atomic E-state index is 13.1. The SMILES string of the molecule is Cc1nn(-c2ccccc2)c2nc(C3CC3)cc(C(=O)NC[C@@H]3CCCO3)c12. The molecule has 1 aliphatic carbocycles. The molecule has 1 aromatic carbocycles. The number of rotatable bonds is 5. The number of para-hydroxylation sites is 1. The Hall–Kier alpha value is -2.73. The second kappa shape index (κ2) is 7.02. The van der Waals surface area contributed by atoms with Gasteiger partial charge in [-0.1, -0.05) is 18.2 Å². The Balaban J connectivity index is 1.57. The second-order valence-corrected chi connectivity index (χ2v) is 7.75. The Morgan fingerprint density at radius 2 is 2.07 bits per heavy atom. The third-order valence-corrected chi connectivity index (χ3v) is 5.59. The van der Waals surface area contributed by atoms with E-state index in [1.807, 2.05) is 48.0 Å². The number of nitrogens with one attached hydrogen (secondary N) is 1. The highest BCUT2D eigenvalue weighted by Crippen LogP contribution is 2.40. The van der Waals surface area contributed by atoms with Crippen LogP contribution in [0.25, 0.3) is 16.7 Å². The standard InChI is InChI=1S/C22H24N4O2/c1-14-20-18(22(27)23-13-17-8-5-11-28-17)12-19(15-9-10-15)24-21(20)26(25-14)16-6-3-2-4-7-16/h2-4,6-7,12,15,17H,5,8-11,13H2,1H3,(H,23,27)/t17-/m0/s1. The lowest BCUT2D eigenvalue weighted by Crippen LogP contribution is -2.32. The predicted octanol–water partition coefficient (Wildman–Crippen LogP) is 3.52. The number of hydrogen-bond donors (Lipinski definition) is 1. The number of hydrogen-bond acceptors (Lipinski definition) is 4. The number of amides is 1. The summed E-state index contributed by atoms with van der Waals surface area (Å²) in [4.78, 5) is 18.0. The van der Waals surface area contributed by atoms with Crippen molar-refractivity contribution in [2.45, 2.75) is 44.6 Å². The number of fused-ring (bicyclic) bond motifs is 1. The van der Waals surface area contributed by atoms with Gasteiger partial charge in [-0.15, -0.1) is 0 Å². The van der Waals surface area contributed by atoms with Gasteiger partial charge in [0.1, 0.15) is 0 Å². The quantitative estimate of drug-likeness (QED) is 0.740. The van der Waals surface area contributed by atoms with Crippen LogP contribution in [0.4, 0.5) is 0 Å². The third-order valence-electron chi connectivity index (χ3n) is 5.59. The smallest absolute Gasteiger partial charge is 0.252 e. The van der Waals surface area contributed by atoms with Crippen LogP contribution in [-0.4, -0.2) is 39.9 Å². The van der Waals surface area contributed by atoms with Crippen LogP contribution in [0.15, 0.2) is 36.4 Å². The van der Waals surface area contributed by atoms with Crippen molar-refractivity contribution in [2.75, 3.05) is 13.2 Å². The van der Waals surface area contributed by atoms with E-state index in [0.717, 1.165) is 60.4 Å². The predicted molar refractivity (Wildman–Crippen MR) is 107 cm³/mol. The minimum Gasteiger partial charge on any atom is -0.376 e. The van der Waals surface area contributed by atoms with Crippen LogP contribution in [0, 0.1) is 6.92 Å². The van der Waals surface area contributed by atoms with Crippen molar-refractivity contribution in [1.29, 1.82) is 0 Å². The van der Waals surface area contributed by atoms with Crippen molar-refractivity contribution in [3.63, 3.8) is 0 Å². The first-order valence-electron chi connectivity index (χ1n) is 10.1. The van der Waals surface area contributed by atoms with Gasteiger partial charge in [-0.2, -0.15) is 5.10 Å². The fourth-order valence-electron chi connectivity index (χ4n) is 3.93. The lowest BCUT2D eigenvalue weighted by atomic mass is 10.1. The van der Waals surface area contributed by atoms with Crippen LogP contribution in [0.3, 0.4) is 0 Å². The molecule has 1 aliphatic heterocycles. The largest absolute Gasteiger partial charge is 0.376 e. The van der Waals surface area contributed by atoms with E-state index < -0.39 is 0 Å². The minimum atomic E-state index is -0.0690. The molecule has 0 radical (unpaired) electrons. The Kier molecular flexibility index (Phi) is 4.36. The van der Waals surface area contributed by atoms with E-state index >= 15 is 0 Å². The van der Waals surface area contributed by atoms with Gasteiger partial charge in [-0.05, 0) is 50.8 Å². The number of ether oxygens (including phenoxy) is 1. The van der Waals surface area contributed by atoms with E-state index in [-0.39, 0.29) is 12.0 Å². The molecule has 28 heavy (non-hydrogen) atoms. The Labute approximate surface area is 163 Å². The van der Waals surface area contributed by atoms with Crippen LogP contribution in [0.5, 0.6) is 0 Å². The van der Waals surface area contributed by atoms with Crippen LogP contribution in [-0.2, 0) is 4.74 Å². The molecule has 2 aromatic heterocycles. The molecular formula is C22H24N4O2. The zero-order valence-electron chi connectivity index (χ0n) is 16.0. The topological polar surface area (TPSA) is 69.0 Å². The van der Waals surface area contributed by atoms with E-state index in [1.54, 1.807) is 0 Å². The highest BCUT2D eigenvalue weighted by atomic mass is 16.5. The van der Waals surface area contributed by atoms with Crippen LogP contribution >= 0.6 is 0 Å². The normalized spacial score (nSPS) is 19.2. The summed E-state index contributed by atoms with van der Waals surface area (Å²) >= 11 is 0. The van der Waals surface area contributed by atoms with Gasteiger partial charge in [-0.3, -0.25) is 4.79 Å². The summed E-state index contributed by atoms with van der Waals surface area (Å²) in [6.07, 6.45) is 4.46. The molecule has 3 heterocycles. The summed E-state index contributed by atoms with van der Waals surface area (Å²) in [5, 5.41) is 8.61. The first kappa shape index (κ1) is 17.4. The third kappa shape index (κ3) is 3.18. The fraction of sp³-hybridized carbons (Fsp3) is 0.409. The molecule has 6 nitrogen and oxygen atoms in total. The van der Waals surface area contributed by atoms with E-state index in [0.29, 0.717) is 18.0 Å². The van der Waals surface area contributed by atoms with Gasteiger partial charge in [-0.25, -0.2) is 9.67 Å². The van der Waals surface area contributed by atoms with Gasteiger partial charge in [0.2, 0.25) is 0 Å². The van der Waals surface area contributed by atoms with Gasteiger partial charge in [0.25, 0.3) is 5.91 Å². The second-order valence-electron chi connectivity index (χ2n) is 7.75. The van der Waals surface area contributed by atoms with Gasteiger partial charge in [0, 0.05) is 24.8 Å². The first-order valence-corrected chi connectivity index (χ1v) is 10.1. The van der Waals surface area contributed by atoms with Crippen molar-refractivity contribution in [3.05, 3.63) is 53.3 Å². The van der Waals surface area contributed by atoms with Crippen LogP contribution in [0.1, 0.15) is 53.3 Å². The fourth-order valence-corrected chi connectivity index (χ4v) is 3.93. The molecule has 6 heteroatoms. The van der Waals surface area contributed by atoms with Crippen LogP contribution < -0.4 is 5.32 Å². The highest BCUT2D eigenvalue weighted by molar-refractivity contribution is 6.06. The van der Waals surface area contributed by atoms with Gasteiger partial charge in [0.15, 0.2) is 5.65 Å². The summed E-state index contributed by atoms with van der Waals surface area (Å²) in [5.41, 5.74) is 4.19. The summed E-state index contributed by atoms with van der Waals surface area (Å²) in [6.45, 7) is 3.28. The molecule has 5 rings (SSSR count). The van der Waals surface area contributed by atoms with Crippen molar-refractivity contribution < 1.29 is 9.53 Å². The summed E-state index contributed by atoms with van der Waals surface area (Å²) in [7, 11) is 0. The van der Waals surface area contributed by atoms with Crippen molar-refractivity contribution >= 4 is 16.9 Å². The Bertz CT molecular complexity index is 1020. The Morgan fingerprint density at radius 1 is 1.25 bits per heavy atom. The van der Waals surface area contributed by atoms with Gasteiger partial charge < -0.3 is 10.1 Å². The number of nitrogens with zero attached hydrogens (tertiary/aromatic N) is 3. The molecule has 3 aromatic rings. The molecule has 2 fully saturated rings. The average Bonchev–Trinajstić information content (AvgIpc) is 3.34. The van der Waals surface area contributed by atoms with Crippen molar-refractivity contribution in [1.82, 2.24) is 20.1 Å². The van der Waals surface area contributed by atoms with E-state index in [4.69, 9.17) is 14.8 Å². The summed E-state index contributed by atoms with van der Waals surface area (Å²) in [6, 6.07) is 11.9. The maximum Gasteiger partial charge on any atom is 0.252 e. The number of benzene rings is 1. The summed E-state index contributed by atoms with van der Waals surface area (Å²) < 4.78 is 7.50. The lowest BCUT2D eigenvalue weighted by molar-refractivity contribution is 0.0859. The van der Waals surface area contributed by atoms with Gasteiger partial charge in [0.05, 0.1) is 28.4 Å². The molecule has 0 spiro atoms. The number of pyridine rings is 1. The van der Waals surface area contributed by atoms with E-state index in [2.05, 4.69) is 5.32 Å². The molecule has 1 saturated carbocycles. The molecule has 1 N–H and O–H groups in total. The van der Waals surface area contributed by atoms with Crippen molar-refractivity contribution in [2.24, 2.45) is 0 Å². The lowest BCUT2D eigenvalue weighted by Gasteiger charge is -2.12. The molecule has 1 saturated heterocycles. The zero-order chi connectivity index (χ0) is 19.1.